The summed E-state index contributed by atoms with van der Waals surface area (Å²) in [4.78, 5) is 25.3. The van der Waals surface area contributed by atoms with Crippen LogP contribution in [0.25, 0.3) is 16.8 Å². The molecule has 0 spiro atoms. The van der Waals surface area contributed by atoms with Crippen molar-refractivity contribution in [2.45, 2.75) is 6.92 Å². The van der Waals surface area contributed by atoms with Gasteiger partial charge in [-0.1, -0.05) is 48.5 Å². The molecule has 3 aromatic rings. The lowest BCUT2D eigenvalue weighted by atomic mass is 10.0. The number of nitrogens with one attached hydrogen (secondary N) is 2. The van der Waals surface area contributed by atoms with Crippen molar-refractivity contribution in [3.05, 3.63) is 83.6 Å². The van der Waals surface area contributed by atoms with Gasteiger partial charge in [-0.15, -0.1) is 0 Å². The van der Waals surface area contributed by atoms with Crippen LogP contribution >= 0.6 is 0 Å². The van der Waals surface area contributed by atoms with E-state index in [-0.39, 0.29) is 18.8 Å². The number of amides is 2. The Balaban J connectivity index is 2.01. The van der Waals surface area contributed by atoms with Crippen LogP contribution < -0.4 is 15.4 Å². The maximum absolute atomic E-state index is 12.6. The smallest absolute Gasteiger partial charge is 0.267 e. The van der Waals surface area contributed by atoms with Crippen molar-refractivity contribution < 1.29 is 19.4 Å². The minimum absolute atomic E-state index is 0.0847. The van der Waals surface area contributed by atoms with E-state index in [1.165, 1.54) is 0 Å². The number of rotatable bonds is 8. The average molecular weight is 404 g/mol. The summed E-state index contributed by atoms with van der Waals surface area (Å²) in [5, 5.41) is 16.1. The molecule has 0 fully saturated rings. The number of aliphatic hydroxyl groups excluding tert-OH is 1. The lowest BCUT2D eigenvalue weighted by Gasteiger charge is -2.13. The third kappa shape index (κ3) is 5.04. The Morgan fingerprint density at radius 3 is 2.37 bits per heavy atom. The highest BCUT2D eigenvalue weighted by Crippen LogP contribution is 2.29. The fourth-order valence-corrected chi connectivity index (χ4v) is 3.06. The van der Waals surface area contributed by atoms with Crippen LogP contribution in [0.1, 0.15) is 22.8 Å². The van der Waals surface area contributed by atoms with Crippen LogP contribution in [0.4, 0.5) is 0 Å². The second-order valence-electron chi connectivity index (χ2n) is 6.49. The molecule has 0 heterocycles. The van der Waals surface area contributed by atoms with Crippen molar-refractivity contribution in [3.8, 4) is 5.75 Å². The van der Waals surface area contributed by atoms with Gasteiger partial charge in [0.25, 0.3) is 11.8 Å². The number of aliphatic hydroxyl groups is 1. The van der Waals surface area contributed by atoms with E-state index >= 15 is 0 Å². The molecule has 6 nitrogen and oxygen atoms in total. The van der Waals surface area contributed by atoms with E-state index in [0.717, 1.165) is 22.1 Å². The topological polar surface area (TPSA) is 87.7 Å². The van der Waals surface area contributed by atoms with E-state index in [4.69, 9.17) is 9.84 Å². The Hall–Kier alpha value is -3.64. The molecule has 2 amide bonds. The van der Waals surface area contributed by atoms with Gasteiger partial charge in [-0.05, 0) is 42.1 Å². The minimum Gasteiger partial charge on any atom is -0.493 e. The molecule has 0 atom stereocenters. The van der Waals surface area contributed by atoms with E-state index in [2.05, 4.69) is 10.6 Å². The van der Waals surface area contributed by atoms with Gasteiger partial charge in [0.15, 0.2) is 0 Å². The maximum atomic E-state index is 12.6. The molecule has 6 heteroatoms. The molecule has 3 rings (SSSR count). The van der Waals surface area contributed by atoms with Crippen molar-refractivity contribution in [2.24, 2.45) is 0 Å². The highest BCUT2D eigenvalue weighted by molar-refractivity contribution is 6.07. The van der Waals surface area contributed by atoms with Crippen LogP contribution in [0, 0.1) is 0 Å². The van der Waals surface area contributed by atoms with Gasteiger partial charge in [-0.2, -0.15) is 0 Å². The molecule has 3 N–H and O–H groups in total. The first-order chi connectivity index (χ1) is 14.6. The quantitative estimate of drug-likeness (QED) is 0.504. The summed E-state index contributed by atoms with van der Waals surface area (Å²) < 4.78 is 5.70. The van der Waals surface area contributed by atoms with Crippen LogP contribution in [0.3, 0.4) is 0 Å². The molecule has 154 valence electrons. The van der Waals surface area contributed by atoms with Gasteiger partial charge in [-0.3, -0.25) is 9.59 Å². The largest absolute Gasteiger partial charge is 0.493 e. The van der Waals surface area contributed by atoms with Gasteiger partial charge in [0.2, 0.25) is 0 Å². The molecular weight excluding hydrogens is 380 g/mol. The first-order valence-electron chi connectivity index (χ1n) is 9.75. The first kappa shape index (κ1) is 21.1. The number of carbonyl (C=O) groups is 2. The molecule has 0 aliphatic heterocycles. The molecule has 0 saturated heterocycles. The van der Waals surface area contributed by atoms with Crippen molar-refractivity contribution in [3.63, 3.8) is 0 Å². The number of hydrogen-bond donors (Lipinski definition) is 3. The number of fused-ring (bicyclic) bond motifs is 1. The predicted molar refractivity (Wildman–Crippen MR) is 117 cm³/mol. The molecule has 0 aliphatic rings. The van der Waals surface area contributed by atoms with Gasteiger partial charge in [0, 0.05) is 17.5 Å². The number of benzene rings is 3. The summed E-state index contributed by atoms with van der Waals surface area (Å²) >= 11 is 0. The number of carbonyl (C=O) groups excluding carboxylic acids is 2. The van der Waals surface area contributed by atoms with E-state index in [9.17, 15) is 9.59 Å². The Morgan fingerprint density at radius 1 is 0.967 bits per heavy atom. The Morgan fingerprint density at radius 2 is 1.67 bits per heavy atom. The van der Waals surface area contributed by atoms with Gasteiger partial charge in [0.1, 0.15) is 11.4 Å². The lowest BCUT2D eigenvalue weighted by molar-refractivity contribution is -0.117. The van der Waals surface area contributed by atoms with Crippen molar-refractivity contribution in [1.29, 1.82) is 0 Å². The Labute approximate surface area is 175 Å². The SMILES string of the molecule is CCOc1ccc(/C=C(\NC(=O)c2ccccc2)C(=O)NCCO)c2ccccc12. The number of ether oxygens (including phenoxy) is 1. The molecule has 3 aromatic carbocycles. The lowest BCUT2D eigenvalue weighted by Crippen LogP contribution is -2.36. The fourth-order valence-electron chi connectivity index (χ4n) is 3.06. The summed E-state index contributed by atoms with van der Waals surface area (Å²) in [5.41, 5.74) is 1.29. The Bertz CT molecular complexity index is 1060. The zero-order valence-corrected chi connectivity index (χ0v) is 16.7. The first-order valence-corrected chi connectivity index (χ1v) is 9.75. The van der Waals surface area contributed by atoms with Crippen LogP contribution in [-0.4, -0.2) is 36.7 Å². The van der Waals surface area contributed by atoms with Crippen LogP contribution in [-0.2, 0) is 4.79 Å². The van der Waals surface area contributed by atoms with E-state index in [0.29, 0.717) is 12.2 Å². The second-order valence-corrected chi connectivity index (χ2v) is 6.49. The fraction of sp³-hybridized carbons (Fsp3) is 0.167. The van der Waals surface area contributed by atoms with E-state index in [1.807, 2.05) is 49.4 Å². The highest BCUT2D eigenvalue weighted by atomic mass is 16.5. The molecule has 0 aliphatic carbocycles. The molecule has 0 unspecified atom stereocenters. The summed E-state index contributed by atoms with van der Waals surface area (Å²) in [6.45, 7) is 2.35. The average Bonchev–Trinajstić information content (AvgIpc) is 2.79. The molecular formula is C24H24N2O4. The number of hydrogen-bond acceptors (Lipinski definition) is 4. The van der Waals surface area contributed by atoms with Crippen LogP contribution in [0.2, 0.25) is 0 Å². The summed E-state index contributed by atoms with van der Waals surface area (Å²) in [6, 6.07) is 20.1. The predicted octanol–water partition coefficient (Wildman–Crippen LogP) is 3.12. The van der Waals surface area contributed by atoms with E-state index in [1.54, 1.807) is 30.3 Å². The Kier molecular flexibility index (Phi) is 7.19. The molecule has 30 heavy (non-hydrogen) atoms. The molecule has 0 aromatic heterocycles. The van der Waals surface area contributed by atoms with Crippen LogP contribution in [0.5, 0.6) is 5.75 Å². The van der Waals surface area contributed by atoms with Gasteiger partial charge < -0.3 is 20.5 Å². The summed E-state index contributed by atoms with van der Waals surface area (Å²) in [5.74, 6) is -0.118. The van der Waals surface area contributed by atoms with Crippen molar-refractivity contribution in [1.82, 2.24) is 10.6 Å². The highest BCUT2D eigenvalue weighted by Gasteiger charge is 2.15. The molecule has 0 radical (unpaired) electrons. The van der Waals surface area contributed by atoms with Gasteiger partial charge in [0.05, 0.1) is 13.2 Å². The van der Waals surface area contributed by atoms with Gasteiger partial charge in [-0.25, -0.2) is 0 Å². The van der Waals surface area contributed by atoms with E-state index < -0.39 is 11.8 Å². The zero-order valence-electron chi connectivity index (χ0n) is 16.7. The van der Waals surface area contributed by atoms with Crippen LogP contribution in [0.15, 0.2) is 72.4 Å². The maximum Gasteiger partial charge on any atom is 0.267 e. The van der Waals surface area contributed by atoms with Crippen molar-refractivity contribution >= 4 is 28.7 Å². The normalized spacial score (nSPS) is 11.2. The monoisotopic (exact) mass is 404 g/mol. The zero-order chi connectivity index (χ0) is 21.3. The second kappa shape index (κ2) is 10.2. The van der Waals surface area contributed by atoms with Gasteiger partial charge >= 0.3 is 0 Å². The standard InChI is InChI=1S/C24H24N2O4/c1-2-30-22-13-12-18(19-10-6-7-11-20(19)22)16-21(24(29)25-14-15-27)26-23(28)17-8-4-3-5-9-17/h3-13,16,27H,2,14-15H2,1H3,(H,25,29)(H,26,28)/b21-16-. The molecule has 0 saturated carbocycles. The third-order valence-electron chi connectivity index (χ3n) is 4.44. The molecule has 0 bridgehead atoms. The van der Waals surface area contributed by atoms with Crippen molar-refractivity contribution in [2.75, 3.05) is 19.8 Å². The third-order valence-corrected chi connectivity index (χ3v) is 4.44. The minimum atomic E-state index is -0.480. The summed E-state index contributed by atoms with van der Waals surface area (Å²) in [6.07, 6.45) is 1.63. The summed E-state index contributed by atoms with van der Waals surface area (Å²) in [7, 11) is 0.